The molecule has 10 atom stereocenters. The normalized spacial score (nSPS) is 18.7. The lowest BCUT2D eigenvalue weighted by atomic mass is 9.97. The van der Waals surface area contributed by atoms with Gasteiger partial charge in [0.1, 0.15) is 42.3 Å². The molecule has 0 aromatic heterocycles. The Morgan fingerprint density at radius 3 is 1.72 bits per heavy atom. The van der Waals surface area contributed by atoms with Gasteiger partial charge in [-0.05, 0) is 75.8 Å². The van der Waals surface area contributed by atoms with Crippen LogP contribution in [0.15, 0.2) is 0 Å². The highest BCUT2D eigenvalue weighted by molar-refractivity contribution is 7.98. The molecule has 0 bridgehead atoms. The highest BCUT2D eigenvalue weighted by Crippen LogP contribution is 2.13. The largest absolute Gasteiger partial charge is 0.480 e. The molecule has 0 spiro atoms. The number of aliphatic carboxylic acids is 1. The van der Waals surface area contributed by atoms with Crippen LogP contribution in [0.25, 0.3) is 0 Å². The topological polar surface area (TPSA) is 293 Å². The number of aliphatic hydroxyl groups excluding tert-OH is 2. The Hall–Kier alpha value is -4.01. The van der Waals surface area contributed by atoms with Crippen LogP contribution < -0.4 is 42.5 Å². The molecule has 1 saturated heterocycles. The predicted molar refractivity (Wildman–Crippen MR) is 213 cm³/mol. The second-order valence-electron chi connectivity index (χ2n) is 15.3. The minimum atomic E-state index is -1.56. The first-order valence-corrected chi connectivity index (χ1v) is 20.9. The van der Waals surface area contributed by atoms with Crippen molar-refractivity contribution in [2.75, 3.05) is 25.2 Å². The molecule has 57 heavy (non-hydrogen) atoms. The lowest BCUT2D eigenvalue weighted by Gasteiger charge is -2.30. The standard InChI is InChI=1S/C37H66N8O11S/c1-10-20(6)28(44-31(49)24(13-15-57-9)40-30(48)23-12-11-14-38-23)35(53)42-26(17-46)33(51)43-27(19(4)5)34(52)41-25(16-18(2)3)32(50)45-29(22(8)47)36(54)39-21(7)37(55)56/h18-29,38,46-47H,10-17H2,1-9H3,(H,39,54)(H,40,48)(H,41,52)(H,42,53)(H,43,51)(H,44,49)(H,45,50)(H,55,56)/t20-,21-,22+,23-,24-,25-,26-,27-,28-,29-/m0/s1. The zero-order chi connectivity index (χ0) is 43.6. The number of amides is 7. The molecule has 0 aromatic rings. The average Bonchev–Trinajstić information content (AvgIpc) is 3.69. The number of thioether (sulfide) groups is 1. The lowest BCUT2D eigenvalue weighted by Crippen LogP contribution is -2.62. The van der Waals surface area contributed by atoms with Crippen molar-refractivity contribution in [1.29, 1.82) is 0 Å². The molecule has 1 aliphatic heterocycles. The van der Waals surface area contributed by atoms with Crippen molar-refractivity contribution < 1.29 is 53.7 Å². The Kier molecular flexibility index (Phi) is 22.7. The van der Waals surface area contributed by atoms with Crippen molar-refractivity contribution in [3.05, 3.63) is 0 Å². The van der Waals surface area contributed by atoms with Crippen LogP contribution in [0.4, 0.5) is 0 Å². The van der Waals surface area contributed by atoms with E-state index in [1.165, 1.54) is 25.6 Å². The number of aliphatic hydroxyl groups is 2. The van der Waals surface area contributed by atoms with E-state index in [1.54, 1.807) is 34.6 Å². The summed E-state index contributed by atoms with van der Waals surface area (Å²) in [5.41, 5.74) is 0. The first kappa shape index (κ1) is 51.0. The van der Waals surface area contributed by atoms with Gasteiger partial charge in [0.25, 0.3) is 0 Å². The third kappa shape index (κ3) is 17.2. The van der Waals surface area contributed by atoms with Crippen molar-refractivity contribution in [2.24, 2.45) is 17.8 Å². The van der Waals surface area contributed by atoms with Crippen LogP contribution in [0.1, 0.15) is 87.5 Å². The molecule has 1 rings (SSSR count). The van der Waals surface area contributed by atoms with Crippen molar-refractivity contribution in [1.82, 2.24) is 42.5 Å². The van der Waals surface area contributed by atoms with Gasteiger partial charge in [-0.15, -0.1) is 0 Å². The average molecular weight is 831 g/mol. The van der Waals surface area contributed by atoms with Gasteiger partial charge in [0.15, 0.2) is 0 Å². The predicted octanol–water partition coefficient (Wildman–Crippen LogP) is -1.89. The Morgan fingerprint density at radius 1 is 0.702 bits per heavy atom. The van der Waals surface area contributed by atoms with Gasteiger partial charge in [-0.3, -0.25) is 38.4 Å². The molecule has 1 aliphatic rings. The molecular formula is C37H66N8O11S. The van der Waals surface area contributed by atoms with Gasteiger partial charge >= 0.3 is 5.97 Å². The number of carbonyl (C=O) groups excluding carboxylic acids is 7. The number of carbonyl (C=O) groups is 8. The summed E-state index contributed by atoms with van der Waals surface area (Å²) in [5, 5.41) is 50.4. The van der Waals surface area contributed by atoms with E-state index in [1.807, 2.05) is 13.2 Å². The SMILES string of the molecule is CC[C@H](C)[C@H](NC(=O)[C@H](CCSC)NC(=O)[C@@H]1CCCN1)C(=O)N[C@@H](CO)C(=O)N[C@H](C(=O)N[C@@H](CC(C)C)C(=O)N[C@H](C(=O)N[C@@H](C)C(=O)O)[C@@H](C)O)C(C)C. The summed E-state index contributed by atoms with van der Waals surface area (Å²) in [4.78, 5) is 105. The Morgan fingerprint density at radius 2 is 1.23 bits per heavy atom. The van der Waals surface area contributed by atoms with Crippen molar-refractivity contribution in [3.8, 4) is 0 Å². The quantitative estimate of drug-likeness (QED) is 0.0481. The molecule has 20 heteroatoms. The van der Waals surface area contributed by atoms with Gasteiger partial charge in [0.2, 0.25) is 41.4 Å². The van der Waals surface area contributed by atoms with E-state index >= 15 is 0 Å². The first-order chi connectivity index (χ1) is 26.7. The van der Waals surface area contributed by atoms with Crippen LogP contribution in [-0.2, 0) is 38.4 Å². The van der Waals surface area contributed by atoms with Crippen LogP contribution in [0.3, 0.4) is 0 Å². The van der Waals surface area contributed by atoms with Gasteiger partial charge in [-0.2, -0.15) is 11.8 Å². The number of hydrogen-bond donors (Lipinski definition) is 11. The molecular weight excluding hydrogens is 765 g/mol. The fourth-order valence-electron chi connectivity index (χ4n) is 5.87. The molecule has 0 unspecified atom stereocenters. The minimum absolute atomic E-state index is 0.0767. The van der Waals surface area contributed by atoms with Gasteiger partial charge in [0.05, 0.1) is 18.8 Å². The second-order valence-corrected chi connectivity index (χ2v) is 16.3. The summed E-state index contributed by atoms with van der Waals surface area (Å²) in [7, 11) is 0. The molecule has 0 aromatic carbocycles. The highest BCUT2D eigenvalue weighted by atomic mass is 32.2. The zero-order valence-electron chi connectivity index (χ0n) is 34.6. The number of carboxylic acid groups (broad SMARTS) is 1. The molecule has 11 N–H and O–H groups in total. The maximum absolute atomic E-state index is 13.7. The molecule has 0 saturated carbocycles. The van der Waals surface area contributed by atoms with Crippen LogP contribution in [0.5, 0.6) is 0 Å². The first-order valence-electron chi connectivity index (χ1n) is 19.5. The van der Waals surface area contributed by atoms with E-state index in [-0.39, 0.29) is 18.2 Å². The molecule has 326 valence electrons. The summed E-state index contributed by atoms with van der Waals surface area (Å²) in [6, 6.07) is -9.45. The van der Waals surface area contributed by atoms with E-state index in [4.69, 9.17) is 5.11 Å². The molecule has 1 fully saturated rings. The Labute approximate surface area is 339 Å². The molecule has 7 amide bonds. The van der Waals surface area contributed by atoms with Gasteiger partial charge in [0, 0.05) is 0 Å². The van der Waals surface area contributed by atoms with Crippen molar-refractivity contribution >= 4 is 59.1 Å². The van der Waals surface area contributed by atoms with E-state index in [0.29, 0.717) is 31.6 Å². The summed E-state index contributed by atoms with van der Waals surface area (Å²) in [6.07, 6.45) is 2.74. The monoisotopic (exact) mass is 830 g/mol. The fourth-order valence-corrected chi connectivity index (χ4v) is 6.35. The van der Waals surface area contributed by atoms with Crippen LogP contribution >= 0.6 is 11.8 Å². The maximum atomic E-state index is 13.7. The van der Waals surface area contributed by atoms with Crippen molar-refractivity contribution in [2.45, 2.75) is 142 Å². The van der Waals surface area contributed by atoms with Gasteiger partial charge < -0.3 is 57.9 Å². The number of carboxylic acids is 1. The van der Waals surface area contributed by atoms with Crippen LogP contribution in [0.2, 0.25) is 0 Å². The molecule has 0 radical (unpaired) electrons. The highest BCUT2D eigenvalue weighted by Gasteiger charge is 2.37. The molecule has 1 heterocycles. The Balaban J connectivity index is 3.16. The fraction of sp³-hybridized carbons (Fsp3) is 0.784. The molecule has 19 nitrogen and oxygen atoms in total. The van der Waals surface area contributed by atoms with E-state index in [2.05, 4.69) is 42.5 Å². The summed E-state index contributed by atoms with van der Waals surface area (Å²) in [5.74, 6) is -7.11. The van der Waals surface area contributed by atoms with Crippen LogP contribution in [0, 0.1) is 17.8 Å². The third-order valence-electron chi connectivity index (χ3n) is 9.61. The minimum Gasteiger partial charge on any atom is -0.480 e. The summed E-state index contributed by atoms with van der Waals surface area (Å²) < 4.78 is 0. The number of hydrogen-bond acceptors (Lipinski definition) is 12. The summed E-state index contributed by atoms with van der Waals surface area (Å²) in [6.45, 7) is 12.6. The lowest BCUT2D eigenvalue weighted by molar-refractivity contribution is -0.142. The van der Waals surface area contributed by atoms with Crippen LogP contribution in [-0.4, -0.2) is 142 Å². The molecule has 0 aliphatic carbocycles. The smallest absolute Gasteiger partial charge is 0.325 e. The maximum Gasteiger partial charge on any atom is 0.325 e. The number of nitrogens with one attached hydrogen (secondary N) is 8. The second kappa shape index (κ2) is 25.4. The van der Waals surface area contributed by atoms with Gasteiger partial charge in [-0.25, -0.2) is 0 Å². The van der Waals surface area contributed by atoms with E-state index in [9.17, 15) is 48.6 Å². The Bertz CT molecular complexity index is 1380. The van der Waals surface area contributed by atoms with Crippen molar-refractivity contribution in [3.63, 3.8) is 0 Å². The number of rotatable bonds is 25. The van der Waals surface area contributed by atoms with Gasteiger partial charge in [-0.1, -0.05) is 48.0 Å². The third-order valence-corrected chi connectivity index (χ3v) is 10.3. The van der Waals surface area contributed by atoms with E-state index < -0.39 is 114 Å². The van der Waals surface area contributed by atoms with E-state index in [0.717, 1.165) is 6.42 Å². The zero-order valence-corrected chi connectivity index (χ0v) is 35.4. The summed E-state index contributed by atoms with van der Waals surface area (Å²) >= 11 is 1.49.